The topological polar surface area (TPSA) is 94.3 Å². The van der Waals surface area contributed by atoms with Crippen molar-refractivity contribution in [2.45, 2.75) is 31.8 Å². The second-order valence-electron chi connectivity index (χ2n) is 5.83. The number of rotatable bonds is 5. The van der Waals surface area contributed by atoms with Crippen LogP contribution in [0.15, 0.2) is 27.6 Å². The summed E-state index contributed by atoms with van der Waals surface area (Å²) in [5, 5.41) is 6.59. The highest BCUT2D eigenvalue weighted by Crippen LogP contribution is 2.32. The van der Waals surface area contributed by atoms with Crippen LogP contribution in [0.25, 0.3) is 0 Å². The van der Waals surface area contributed by atoms with Crippen LogP contribution in [-0.4, -0.2) is 27.8 Å². The number of fused-ring (bicyclic) bond motifs is 1. The predicted molar refractivity (Wildman–Crippen MR) is 87.8 cm³/mol. The van der Waals surface area contributed by atoms with Crippen LogP contribution in [-0.2, 0) is 22.6 Å². The van der Waals surface area contributed by atoms with E-state index in [2.05, 4.69) is 29.3 Å². The fourth-order valence-corrected chi connectivity index (χ4v) is 3.01. The second kappa shape index (κ2) is 7.04. The molecule has 2 aromatic rings. The number of benzene rings is 1. The number of ether oxygens (including phenoxy) is 1. The Morgan fingerprint density at radius 3 is 3.08 bits per heavy atom. The summed E-state index contributed by atoms with van der Waals surface area (Å²) in [5.41, 5.74) is 0.987. The van der Waals surface area contributed by atoms with Crippen LogP contribution in [0.5, 0.6) is 0 Å². The van der Waals surface area contributed by atoms with E-state index in [1.54, 1.807) is 18.2 Å². The number of carbonyl (C=O) groups is 2. The smallest absolute Gasteiger partial charge is 0.338 e. The Kier molecular flexibility index (Phi) is 4.84. The number of anilines is 1. The summed E-state index contributed by atoms with van der Waals surface area (Å²) in [6.45, 7) is 4.04. The van der Waals surface area contributed by atoms with Gasteiger partial charge in [0.1, 0.15) is 0 Å². The van der Waals surface area contributed by atoms with Crippen molar-refractivity contribution in [2.75, 3.05) is 11.1 Å². The van der Waals surface area contributed by atoms with E-state index >= 15 is 0 Å². The fourth-order valence-electron chi connectivity index (χ4n) is 2.22. The number of esters is 1. The van der Waals surface area contributed by atoms with Gasteiger partial charge in [0.25, 0.3) is 5.89 Å². The van der Waals surface area contributed by atoms with E-state index in [1.807, 2.05) is 0 Å². The molecule has 126 valence electrons. The molecule has 1 amide bonds. The number of hydrogen-bond acceptors (Lipinski definition) is 7. The lowest BCUT2D eigenvalue weighted by molar-refractivity contribution is -0.113. The molecular formula is C16H17N3O4S. The van der Waals surface area contributed by atoms with E-state index in [0.717, 1.165) is 4.90 Å². The lowest BCUT2D eigenvalue weighted by atomic mass is 10.1. The van der Waals surface area contributed by atoms with Crippen LogP contribution >= 0.6 is 11.8 Å². The number of thioether (sulfide) groups is 1. The molecule has 0 radical (unpaired) electrons. The maximum Gasteiger partial charge on any atom is 0.338 e. The molecule has 1 N–H and O–H groups in total. The van der Waals surface area contributed by atoms with E-state index in [-0.39, 0.29) is 18.4 Å². The molecule has 0 atom stereocenters. The Bertz CT molecular complexity index is 772. The first-order chi connectivity index (χ1) is 11.5. The van der Waals surface area contributed by atoms with Crippen LogP contribution in [0, 0.1) is 5.92 Å². The van der Waals surface area contributed by atoms with Gasteiger partial charge in [-0.3, -0.25) is 4.79 Å². The molecule has 1 aliphatic heterocycles. The van der Waals surface area contributed by atoms with Crippen LogP contribution in [0.1, 0.15) is 35.9 Å². The number of nitrogens with zero attached hydrogens (tertiary/aromatic N) is 2. The highest BCUT2D eigenvalue weighted by atomic mass is 32.2. The average molecular weight is 347 g/mol. The minimum Gasteiger partial charge on any atom is -0.452 e. The van der Waals surface area contributed by atoms with Crippen LogP contribution in [0.4, 0.5) is 5.69 Å². The molecular weight excluding hydrogens is 330 g/mol. The lowest BCUT2D eigenvalue weighted by Crippen LogP contribution is -2.19. The van der Waals surface area contributed by atoms with Gasteiger partial charge in [0.05, 0.1) is 17.0 Å². The molecule has 0 bridgehead atoms. The lowest BCUT2D eigenvalue weighted by Gasteiger charge is -2.16. The molecule has 8 heteroatoms. The summed E-state index contributed by atoms with van der Waals surface area (Å²) in [4.78, 5) is 28.7. The van der Waals surface area contributed by atoms with Crippen molar-refractivity contribution in [1.82, 2.24) is 10.1 Å². The van der Waals surface area contributed by atoms with Gasteiger partial charge in [-0.15, -0.1) is 11.8 Å². The van der Waals surface area contributed by atoms with Crippen molar-refractivity contribution in [3.63, 3.8) is 0 Å². The van der Waals surface area contributed by atoms with Crippen molar-refractivity contribution >= 4 is 29.3 Å². The molecule has 1 aliphatic rings. The number of amides is 1. The summed E-state index contributed by atoms with van der Waals surface area (Å²) in [6.07, 6.45) is 0.708. The SMILES string of the molecule is CC(C)Cc1noc(COC(=O)c2ccc3c(c2)NC(=O)CS3)n1. The zero-order valence-corrected chi connectivity index (χ0v) is 14.2. The Balaban J connectivity index is 1.62. The second-order valence-corrected chi connectivity index (χ2v) is 6.84. The minimum absolute atomic E-state index is 0.0812. The van der Waals surface area contributed by atoms with E-state index in [9.17, 15) is 9.59 Å². The monoisotopic (exact) mass is 347 g/mol. The summed E-state index contributed by atoms with van der Waals surface area (Å²) in [7, 11) is 0. The third kappa shape index (κ3) is 3.94. The van der Waals surface area contributed by atoms with Crippen molar-refractivity contribution in [3.8, 4) is 0 Å². The maximum atomic E-state index is 12.1. The molecule has 0 aliphatic carbocycles. The van der Waals surface area contributed by atoms with Gasteiger partial charge >= 0.3 is 5.97 Å². The largest absolute Gasteiger partial charge is 0.452 e. The standard InChI is InChI=1S/C16H17N3O4S/c1-9(2)5-13-18-15(23-19-13)7-22-16(21)10-3-4-12-11(6-10)17-14(20)8-24-12/h3-4,6,9H,5,7-8H2,1-2H3,(H,17,20). The molecule has 24 heavy (non-hydrogen) atoms. The Labute approximate surface area is 143 Å². The normalized spacial score (nSPS) is 13.5. The van der Waals surface area contributed by atoms with Crippen LogP contribution in [0.2, 0.25) is 0 Å². The molecule has 0 fully saturated rings. The van der Waals surface area contributed by atoms with Gasteiger partial charge in [-0.25, -0.2) is 4.79 Å². The quantitative estimate of drug-likeness (QED) is 0.831. The van der Waals surface area contributed by atoms with Gasteiger partial charge in [-0.1, -0.05) is 19.0 Å². The third-order valence-electron chi connectivity index (χ3n) is 3.28. The van der Waals surface area contributed by atoms with Gasteiger partial charge in [-0.2, -0.15) is 4.98 Å². The number of nitrogens with one attached hydrogen (secondary N) is 1. The molecule has 3 rings (SSSR count). The van der Waals surface area contributed by atoms with Crippen molar-refractivity contribution < 1.29 is 18.8 Å². The number of hydrogen-bond donors (Lipinski definition) is 1. The summed E-state index contributed by atoms with van der Waals surface area (Å²) in [6, 6.07) is 5.08. The summed E-state index contributed by atoms with van der Waals surface area (Å²) in [5.74, 6) is 1.08. The zero-order chi connectivity index (χ0) is 17.1. The van der Waals surface area contributed by atoms with Gasteiger partial charge in [0.15, 0.2) is 12.4 Å². The molecule has 0 saturated carbocycles. The van der Waals surface area contributed by atoms with Crippen molar-refractivity contribution in [1.29, 1.82) is 0 Å². The van der Waals surface area contributed by atoms with E-state index < -0.39 is 5.97 Å². The average Bonchev–Trinajstić information content (AvgIpc) is 2.98. The predicted octanol–water partition coefficient (Wildman–Crippen LogP) is 2.67. The van der Waals surface area contributed by atoms with Crippen molar-refractivity contribution in [3.05, 3.63) is 35.5 Å². The van der Waals surface area contributed by atoms with E-state index in [0.29, 0.717) is 35.2 Å². The van der Waals surface area contributed by atoms with Crippen molar-refractivity contribution in [2.24, 2.45) is 5.92 Å². The van der Waals surface area contributed by atoms with Gasteiger partial charge in [-0.05, 0) is 24.1 Å². The molecule has 0 spiro atoms. The van der Waals surface area contributed by atoms with Gasteiger partial charge in [0.2, 0.25) is 5.91 Å². The molecule has 7 nitrogen and oxygen atoms in total. The number of aromatic nitrogens is 2. The first-order valence-electron chi connectivity index (χ1n) is 7.56. The summed E-state index contributed by atoms with van der Waals surface area (Å²) >= 11 is 1.44. The zero-order valence-electron chi connectivity index (χ0n) is 13.4. The molecule has 1 aromatic heterocycles. The molecule has 2 heterocycles. The van der Waals surface area contributed by atoms with Gasteiger partial charge in [0, 0.05) is 11.3 Å². The summed E-state index contributed by atoms with van der Waals surface area (Å²) < 4.78 is 10.3. The van der Waals surface area contributed by atoms with Crippen LogP contribution < -0.4 is 5.32 Å². The highest BCUT2D eigenvalue weighted by molar-refractivity contribution is 8.00. The fraction of sp³-hybridized carbons (Fsp3) is 0.375. The Morgan fingerprint density at radius 2 is 2.29 bits per heavy atom. The third-order valence-corrected chi connectivity index (χ3v) is 4.35. The molecule has 0 saturated heterocycles. The highest BCUT2D eigenvalue weighted by Gasteiger charge is 2.18. The Morgan fingerprint density at radius 1 is 1.46 bits per heavy atom. The minimum atomic E-state index is -0.508. The molecule has 1 aromatic carbocycles. The van der Waals surface area contributed by atoms with Crippen LogP contribution in [0.3, 0.4) is 0 Å². The van der Waals surface area contributed by atoms with E-state index in [1.165, 1.54) is 11.8 Å². The first-order valence-corrected chi connectivity index (χ1v) is 8.55. The van der Waals surface area contributed by atoms with Gasteiger partial charge < -0.3 is 14.6 Å². The molecule has 0 unspecified atom stereocenters. The van der Waals surface area contributed by atoms with E-state index in [4.69, 9.17) is 9.26 Å². The first kappa shape index (κ1) is 16.5. The number of carbonyl (C=O) groups excluding carboxylic acids is 2. The Hall–Kier alpha value is -2.35. The maximum absolute atomic E-state index is 12.1.